The topological polar surface area (TPSA) is 110 Å². The minimum Gasteiger partial charge on any atom is -0.507 e. The summed E-state index contributed by atoms with van der Waals surface area (Å²) in [5.74, 6) is -2.13. The molecule has 1 N–H and O–H groups in total. The number of aryl methyl sites for hydroxylation is 2. The summed E-state index contributed by atoms with van der Waals surface area (Å²) < 4.78 is 18.5. The Morgan fingerprint density at radius 1 is 1.11 bits per heavy atom. The Morgan fingerprint density at radius 2 is 1.81 bits per heavy atom. The van der Waals surface area contributed by atoms with Crippen molar-refractivity contribution in [2.45, 2.75) is 13.8 Å². The van der Waals surface area contributed by atoms with Crippen LogP contribution in [-0.4, -0.2) is 26.0 Å². The number of phenols is 1. The summed E-state index contributed by atoms with van der Waals surface area (Å²) >= 11 is 0. The summed E-state index contributed by atoms with van der Waals surface area (Å²) in [5, 5.41) is 17.6. The van der Waals surface area contributed by atoms with Crippen LogP contribution in [0.2, 0.25) is 0 Å². The molecule has 0 amide bonds. The van der Waals surface area contributed by atoms with Crippen molar-refractivity contribution in [3.8, 4) is 11.5 Å². The number of nitrogens with zero attached hydrogens (tertiary/aromatic N) is 5. The van der Waals surface area contributed by atoms with Crippen molar-refractivity contribution >= 4 is 17.6 Å². The highest BCUT2D eigenvalue weighted by Gasteiger charge is 2.15. The molecule has 0 radical (unpaired) electrons. The van der Waals surface area contributed by atoms with Gasteiger partial charge < -0.3 is 9.84 Å². The Balaban J connectivity index is 1.79. The van der Waals surface area contributed by atoms with Crippen molar-refractivity contribution in [1.82, 2.24) is 15.0 Å². The standard InChI is InChI=1S/C18H14FN5O3/c1-10-7-12(8-11(2)15(10)25)23-24-18-21-9-20-16(22-18)17(26)27-14-6-4-3-5-13(14)19/h3-9,25H,1-2H3. The van der Waals surface area contributed by atoms with Crippen LogP contribution in [0.5, 0.6) is 11.5 Å². The summed E-state index contributed by atoms with van der Waals surface area (Å²) in [6.07, 6.45) is 1.08. The number of carbonyl (C=O) groups excluding carboxylic acids is 1. The second kappa shape index (κ2) is 7.65. The fraction of sp³-hybridized carbons (Fsp3) is 0.111. The second-order valence-electron chi connectivity index (χ2n) is 5.56. The van der Waals surface area contributed by atoms with Gasteiger partial charge in [0.2, 0.25) is 5.82 Å². The summed E-state index contributed by atoms with van der Waals surface area (Å²) in [7, 11) is 0. The zero-order valence-electron chi connectivity index (χ0n) is 14.4. The van der Waals surface area contributed by atoms with Crippen LogP contribution in [0, 0.1) is 19.7 Å². The van der Waals surface area contributed by atoms with Gasteiger partial charge in [0.05, 0.1) is 5.69 Å². The Kier molecular flexibility index (Phi) is 5.11. The van der Waals surface area contributed by atoms with E-state index < -0.39 is 11.8 Å². The summed E-state index contributed by atoms with van der Waals surface area (Å²) in [5.41, 5.74) is 1.78. The van der Waals surface area contributed by atoms with Crippen molar-refractivity contribution in [2.75, 3.05) is 0 Å². The van der Waals surface area contributed by atoms with E-state index in [1.807, 2.05) is 0 Å². The van der Waals surface area contributed by atoms with Gasteiger partial charge in [0.15, 0.2) is 11.6 Å². The van der Waals surface area contributed by atoms with Crippen LogP contribution in [0.25, 0.3) is 0 Å². The molecule has 8 nitrogen and oxygen atoms in total. The first-order chi connectivity index (χ1) is 12.9. The highest BCUT2D eigenvalue weighted by atomic mass is 19.1. The highest BCUT2D eigenvalue weighted by Crippen LogP contribution is 2.27. The number of rotatable bonds is 4. The van der Waals surface area contributed by atoms with Crippen LogP contribution in [0.15, 0.2) is 53.0 Å². The van der Waals surface area contributed by atoms with Crippen molar-refractivity contribution in [2.24, 2.45) is 10.2 Å². The maximum absolute atomic E-state index is 13.6. The number of ether oxygens (including phenoxy) is 1. The molecule has 0 aliphatic rings. The zero-order valence-corrected chi connectivity index (χ0v) is 14.4. The maximum Gasteiger partial charge on any atom is 0.382 e. The van der Waals surface area contributed by atoms with E-state index in [1.165, 1.54) is 18.2 Å². The summed E-state index contributed by atoms with van der Waals surface area (Å²) in [6, 6.07) is 8.75. The predicted molar refractivity (Wildman–Crippen MR) is 92.9 cm³/mol. The molecule has 1 aromatic heterocycles. The van der Waals surface area contributed by atoms with E-state index in [1.54, 1.807) is 26.0 Å². The smallest absolute Gasteiger partial charge is 0.382 e. The van der Waals surface area contributed by atoms with Crippen molar-refractivity contribution in [3.63, 3.8) is 0 Å². The van der Waals surface area contributed by atoms with Gasteiger partial charge in [0, 0.05) is 0 Å². The number of esters is 1. The average Bonchev–Trinajstić information content (AvgIpc) is 2.66. The lowest BCUT2D eigenvalue weighted by Crippen LogP contribution is -2.13. The number of phenolic OH excluding ortho intramolecular Hbond substituents is 1. The van der Waals surface area contributed by atoms with E-state index in [0.29, 0.717) is 16.8 Å². The van der Waals surface area contributed by atoms with Crippen LogP contribution < -0.4 is 4.74 Å². The molecule has 1 heterocycles. The van der Waals surface area contributed by atoms with E-state index in [-0.39, 0.29) is 23.3 Å². The lowest BCUT2D eigenvalue weighted by atomic mass is 10.1. The first-order valence-electron chi connectivity index (χ1n) is 7.82. The molecular weight excluding hydrogens is 353 g/mol. The molecule has 3 rings (SSSR count). The van der Waals surface area contributed by atoms with Crippen molar-refractivity contribution < 1.29 is 19.0 Å². The predicted octanol–water partition coefficient (Wildman–Crippen LogP) is 3.97. The number of aromatic nitrogens is 3. The van der Waals surface area contributed by atoms with Crippen LogP contribution in [0.1, 0.15) is 21.7 Å². The molecule has 0 aliphatic heterocycles. The van der Waals surface area contributed by atoms with Gasteiger partial charge in [-0.15, -0.1) is 10.2 Å². The Labute approximate surface area is 153 Å². The molecule has 3 aromatic rings. The number of benzene rings is 2. The number of aromatic hydroxyl groups is 1. The van der Waals surface area contributed by atoms with Crippen molar-refractivity contribution in [3.05, 3.63) is 65.5 Å². The SMILES string of the molecule is Cc1cc(N=Nc2ncnc(C(=O)Oc3ccccc3F)n2)cc(C)c1O. The van der Waals surface area contributed by atoms with Gasteiger partial charge in [0.25, 0.3) is 5.95 Å². The molecule has 136 valence electrons. The van der Waals surface area contributed by atoms with Gasteiger partial charge >= 0.3 is 5.97 Å². The fourth-order valence-corrected chi connectivity index (χ4v) is 2.20. The normalized spacial score (nSPS) is 10.9. The van der Waals surface area contributed by atoms with Gasteiger partial charge in [-0.1, -0.05) is 12.1 Å². The van der Waals surface area contributed by atoms with Gasteiger partial charge in [0.1, 0.15) is 12.1 Å². The molecule has 0 atom stereocenters. The molecule has 0 fully saturated rings. The Bertz CT molecular complexity index is 1020. The molecule has 9 heteroatoms. The Morgan fingerprint density at radius 3 is 2.52 bits per heavy atom. The van der Waals surface area contributed by atoms with Crippen LogP contribution in [0.3, 0.4) is 0 Å². The molecule has 27 heavy (non-hydrogen) atoms. The van der Waals surface area contributed by atoms with E-state index >= 15 is 0 Å². The van der Waals surface area contributed by atoms with E-state index in [4.69, 9.17) is 4.74 Å². The summed E-state index contributed by atoms with van der Waals surface area (Å²) in [6.45, 7) is 3.47. The average molecular weight is 367 g/mol. The molecule has 0 saturated carbocycles. The Hall–Kier alpha value is -3.75. The molecule has 0 aliphatic carbocycles. The third-order valence-electron chi connectivity index (χ3n) is 3.51. The number of azo groups is 1. The molecule has 2 aromatic carbocycles. The van der Waals surface area contributed by atoms with Gasteiger partial charge in [-0.25, -0.2) is 14.2 Å². The quantitative estimate of drug-likeness (QED) is 0.424. The molecular formula is C18H14FN5O3. The maximum atomic E-state index is 13.6. The number of para-hydroxylation sites is 1. The van der Waals surface area contributed by atoms with E-state index in [2.05, 4.69) is 25.2 Å². The largest absolute Gasteiger partial charge is 0.507 e. The van der Waals surface area contributed by atoms with Crippen LogP contribution >= 0.6 is 0 Å². The first kappa shape index (κ1) is 18.1. The van der Waals surface area contributed by atoms with Crippen LogP contribution in [-0.2, 0) is 0 Å². The third-order valence-corrected chi connectivity index (χ3v) is 3.51. The lowest BCUT2D eigenvalue weighted by Gasteiger charge is -2.04. The monoisotopic (exact) mass is 367 g/mol. The van der Waals surface area contributed by atoms with Crippen molar-refractivity contribution in [1.29, 1.82) is 0 Å². The van der Waals surface area contributed by atoms with E-state index in [0.717, 1.165) is 12.4 Å². The number of hydrogen-bond acceptors (Lipinski definition) is 8. The lowest BCUT2D eigenvalue weighted by molar-refractivity contribution is 0.0714. The minimum atomic E-state index is -0.949. The van der Waals surface area contributed by atoms with Gasteiger partial charge in [-0.3, -0.25) is 0 Å². The fourth-order valence-electron chi connectivity index (χ4n) is 2.20. The zero-order chi connectivity index (χ0) is 19.4. The molecule has 0 saturated heterocycles. The van der Waals surface area contributed by atoms with Crippen LogP contribution in [0.4, 0.5) is 16.0 Å². The second-order valence-corrected chi connectivity index (χ2v) is 5.56. The molecule has 0 bridgehead atoms. The minimum absolute atomic E-state index is 0.117. The first-order valence-corrected chi connectivity index (χ1v) is 7.82. The molecule has 0 unspecified atom stereocenters. The number of carbonyl (C=O) groups is 1. The highest BCUT2D eigenvalue weighted by molar-refractivity contribution is 5.87. The van der Waals surface area contributed by atoms with Gasteiger partial charge in [-0.2, -0.15) is 9.97 Å². The molecule has 0 spiro atoms. The number of halogens is 1. The van der Waals surface area contributed by atoms with Gasteiger partial charge in [-0.05, 0) is 49.2 Å². The number of hydrogen-bond donors (Lipinski definition) is 1. The third kappa shape index (κ3) is 4.27. The van der Waals surface area contributed by atoms with E-state index in [9.17, 15) is 14.3 Å². The summed E-state index contributed by atoms with van der Waals surface area (Å²) in [4.78, 5) is 23.4.